The van der Waals surface area contributed by atoms with E-state index in [1.807, 2.05) is 71.3 Å². The lowest BCUT2D eigenvalue weighted by Gasteiger charge is -2.16. The van der Waals surface area contributed by atoms with Crippen molar-refractivity contribution in [3.63, 3.8) is 0 Å². The van der Waals surface area contributed by atoms with Crippen LogP contribution in [-0.4, -0.2) is 33.4 Å². The first-order chi connectivity index (χ1) is 12.7. The van der Waals surface area contributed by atoms with Crippen LogP contribution in [0.2, 0.25) is 0 Å². The number of aromatic nitrogens is 2. The number of hydrogen-bond donors (Lipinski definition) is 0. The average Bonchev–Trinajstić information content (AvgIpc) is 3.05. The van der Waals surface area contributed by atoms with Gasteiger partial charge < -0.3 is 4.90 Å². The second kappa shape index (κ2) is 7.96. The van der Waals surface area contributed by atoms with Crippen LogP contribution < -0.4 is 0 Å². The molecule has 0 unspecified atom stereocenters. The van der Waals surface area contributed by atoms with Gasteiger partial charge in [-0.2, -0.15) is 10.5 Å². The molecule has 3 rings (SSSR count). The van der Waals surface area contributed by atoms with Gasteiger partial charge in [0.1, 0.15) is 18.9 Å². The number of benzene rings is 2. The summed E-state index contributed by atoms with van der Waals surface area (Å²) >= 11 is 0. The number of fused-ring (bicyclic) bond motifs is 1. The van der Waals surface area contributed by atoms with E-state index >= 15 is 0 Å². The van der Waals surface area contributed by atoms with Crippen molar-refractivity contribution < 1.29 is 4.79 Å². The minimum atomic E-state index is -0.222. The van der Waals surface area contributed by atoms with Gasteiger partial charge >= 0.3 is 0 Å². The zero-order chi connectivity index (χ0) is 18.4. The van der Waals surface area contributed by atoms with Crippen LogP contribution in [0.5, 0.6) is 0 Å². The number of carbonyl (C=O) groups is 1. The molecule has 6 heteroatoms. The van der Waals surface area contributed by atoms with E-state index in [-0.39, 0.29) is 25.4 Å². The molecule has 0 aliphatic heterocycles. The molecule has 0 saturated carbocycles. The highest BCUT2D eigenvalue weighted by Gasteiger charge is 2.16. The first-order valence-corrected chi connectivity index (χ1v) is 8.28. The van der Waals surface area contributed by atoms with E-state index in [4.69, 9.17) is 10.5 Å². The normalized spacial score (nSPS) is 10.2. The summed E-state index contributed by atoms with van der Waals surface area (Å²) in [5.41, 5.74) is 2.83. The van der Waals surface area contributed by atoms with Gasteiger partial charge in [-0.15, -0.1) is 0 Å². The first kappa shape index (κ1) is 17.2. The van der Waals surface area contributed by atoms with Crippen molar-refractivity contribution >= 4 is 16.9 Å². The summed E-state index contributed by atoms with van der Waals surface area (Å²) in [6.07, 6.45) is 0.620. The minimum absolute atomic E-state index is 0.0819. The summed E-state index contributed by atoms with van der Waals surface area (Å²) in [4.78, 5) is 18.3. The smallest absolute Gasteiger partial charge is 0.224 e. The van der Waals surface area contributed by atoms with Gasteiger partial charge in [-0.3, -0.25) is 9.36 Å². The van der Waals surface area contributed by atoms with Crippen molar-refractivity contribution in [2.24, 2.45) is 0 Å². The Morgan fingerprint density at radius 3 is 2.35 bits per heavy atom. The molecule has 0 bridgehead atoms. The van der Waals surface area contributed by atoms with Crippen molar-refractivity contribution in [2.75, 3.05) is 13.1 Å². The molecule has 26 heavy (non-hydrogen) atoms. The van der Waals surface area contributed by atoms with Crippen LogP contribution in [0.15, 0.2) is 54.6 Å². The maximum absolute atomic E-state index is 12.3. The summed E-state index contributed by atoms with van der Waals surface area (Å²) in [7, 11) is 0. The molecule has 6 nitrogen and oxygen atoms in total. The fraction of sp³-hybridized carbons (Fsp3) is 0.200. The molecule has 0 radical (unpaired) electrons. The van der Waals surface area contributed by atoms with Crippen molar-refractivity contribution in [1.29, 1.82) is 10.5 Å². The van der Waals surface area contributed by atoms with Crippen LogP contribution in [0.25, 0.3) is 16.7 Å². The summed E-state index contributed by atoms with van der Waals surface area (Å²) in [6, 6.07) is 21.5. The van der Waals surface area contributed by atoms with Crippen LogP contribution in [0, 0.1) is 22.7 Å². The van der Waals surface area contributed by atoms with E-state index in [1.54, 1.807) is 0 Å². The Morgan fingerprint density at radius 1 is 1.00 bits per heavy atom. The van der Waals surface area contributed by atoms with E-state index in [1.165, 1.54) is 4.90 Å². The average molecular weight is 343 g/mol. The molecule has 2 aromatic carbocycles. The van der Waals surface area contributed by atoms with Crippen molar-refractivity contribution in [3.8, 4) is 17.8 Å². The molecule has 0 aliphatic carbocycles. The summed E-state index contributed by atoms with van der Waals surface area (Å²) in [5.74, 6) is 0.555. The van der Waals surface area contributed by atoms with Crippen molar-refractivity contribution in [1.82, 2.24) is 14.5 Å². The Kier molecular flexibility index (Phi) is 5.26. The van der Waals surface area contributed by atoms with Gasteiger partial charge in [-0.1, -0.05) is 30.3 Å². The van der Waals surface area contributed by atoms with Gasteiger partial charge in [0, 0.05) is 18.5 Å². The number of para-hydroxylation sites is 3. The molecule has 0 aliphatic rings. The molecule has 0 spiro atoms. The molecular weight excluding hydrogens is 326 g/mol. The second-order valence-corrected chi connectivity index (χ2v) is 5.75. The molecule has 0 saturated heterocycles. The predicted molar refractivity (Wildman–Crippen MR) is 97.2 cm³/mol. The van der Waals surface area contributed by atoms with Gasteiger partial charge in [-0.05, 0) is 24.3 Å². The van der Waals surface area contributed by atoms with Gasteiger partial charge in [0.05, 0.1) is 23.2 Å². The van der Waals surface area contributed by atoms with Crippen molar-refractivity contribution in [3.05, 3.63) is 60.4 Å². The van der Waals surface area contributed by atoms with Gasteiger partial charge in [0.15, 0.2) is 0 Å². The third kappa shape index (κ3) is 3.55. The van der Waals surface area contributed by atoms with Crippen LogP contribution >= 0.6 is 0 Å². The maximum Gasteiger partial charge on any atom is 0.224 e. The van der Waals surface area contributed by atoms with Gasteiger partial charge in [0.25, 0.3) is 0 Å². The first-order valence-electron chi connectivity index (χ1n) is 8.28. The molecule has 1 amide bonds. The lowest BCUT2D eigenvalue weighted by Crippen LogP contribution is -2.32. The zero-order valence-electron chi connectivity index (χ0n) is 14.2. The summed E-state index contributed by atoms with van der Waals surface area (Å²) in [6.45, 7) is -0.164. The Hall–Kier alpha value is -3.64. The topological polar surface area (TPSA) is 85.7 Å². The number of nitrogens with zero attached hydrogens (tertiary/aromatic N) is 5. The lowest BCUT2D eigenvalue weighted by atomic mass is 10.2. The number of rotatable bonds is 6. The second-order valence-electron chi connectivity index (χ2n) is 5.75. The van der Waals surface area contributed by atoms with E-state index < -0.39 is 0 Å². The highest BCUT2D eigenvalue weighted by atomic mass is 16.2. The quantitative estimate of drug-likeness (QED) is 0.644. The largest absolute Gasteiger partial charge is 0.316 e. The van der Waals surface area contributed by atoms with E-state index in [0.29, 0.717) is 6.42 Å². The Labute approximate surface area is 151 Å². The molecule has 0 atom stereocenters. The fourth-order valence-electron chi connectivity index (χ4n) is 2.89. The van der Waals surface area contributed by atoms with Crippen LogP contribution in [0.3, 0.4) is 0 Å². The molecule has 128 valence electrons. The Morgan fingerprint density at radius 2 is 1.65 bits per heavy atom. The van der Waals surface area contributed by atoms with E-state index in [0.717, 1.165) is 22.5 Å². The number of hydrogen-bond acceptors (Lipinski definition) is 4. The monoisotopic (exact) mass is 343 g/mol. The number of aryl methyl sites for hydroxylation is 1. The minimum Gasteiger partial charge on any atom is -0.316 e. The lowest BCUT2D eigenvalue weighted by molar-refractivity contribution is -0.130. The standard InChI is InChI=1S/C20H17N5O/c21-12-14-24(15-13-22)20(26)11-10-19-23-17-8-4-5-9-18(17)25(19)16-6-2-1-3-7-16/h1-9H,10-11,14-15H2. The third-order valence-electron chi connectivity index (χ3n) is 4.08. The number of carbonyl (C=O) groups excluding carboxylic acids is 1. The predicted octanol–water partition coefficient (Wildman–Crippen LogP) is 2.83. The number of amides is 1. The number of imidazole rings is 1. The van der Waals surface area contributed by atoms with Crippen LogP contribution in [0.4, 0.5) is 0 Å². The third-order valence-corrected chi connectivity index (χ3v) is 4.08. The fourth-order valence-corrected chi connectivity index (χ4v) is 2.89. The SMILES string of the molecule is N#CCN(CC#N)C(=O)CCc1nc2ccccc2n1-c1ccccc1. The van der Waals surface area contributed by atoms with Crippen LogP contribution in [-0.2, 0) is 11.2 Å². The molecule has 1 aromatic heterocycles. The molecular formula is C20H17N5O. The van der Waals surface area contributed by atoms with Crippen LogP contribution in [0.1, 0.15) is 12.2 Å². The Bertz CT molecular complexity index is 978. The molecule has 3 aromatic rings. The zero-order valence-corrected chi connectivity index (χ0v) is 14.2. The van der Waals surface area contributed by atoms with Crippen molar-refractivity contribution in [2.45, 2.75) is 12.8 Å². The van der Waals surface area contributed by atoms with E-state index in [2.05, 4.69) is 4.98 Å². The summed E-state index contributed by atoms with van der Waals surface area (Å²) < 4.78 is 2.04. The Balaban J connectivity index is 1.90. The van der Waals surface area contributed by atoms with E-state index in [9.17, 15) is 4.79 Å². The van der Waals surface area contributed by atoms with Gasteiger partial charge in [-0.25, -0.2) is 4.98 Å². The highest BCUT2D eigenvalue weighted by molar-refractivity contribution is 5.79. The maximum atomic E-state index is 12.3. The summed E-state index contributed by atoms with van der Waals surface area (Å²) in [5, 5.41) is 17.6. The molecule has 0 fully saturated rings. The molecule has 1 heterocycles. The molecule has 0 N–H and O–H groups in total. The highest BCUT2D eigenvalue weighted by Crippen LogP contribution is 2.22. The van der Waals surface area contributed by atoms with Gasteiger partial charge in [0.2, 0.25) is 5.91 Å². The number of nitriles is 2.